The first-order valence-electron chi connectivity index (χ1n) is 13.3. The summed E-state index contributed by atoms with van der Waals surface area (Å²) in [6.07, 6.45) is 2.04. The van der Waals surface area contributed by atoms with Gasteiger partial charge in [-0.15, -0.1) is 0 Å². The second kappa shape index (κ2) is 11.3. The monoisotopic (exact) mass is 567 g/mol. The third-order valence-corrected chi connectivity index (χ3v) is 6.60. The number of hydrogen-bond acceptors (Lipinski definition) is 8. The maximum atomic E-state index is 13.8. The Morgan fingerprint density at radius 3 is 2.44 bits per heavy atom. The van der Waals surface area contributed by atoms with Crippen molar-refractivity contribution in [2.24, 2.45) is 5.41 Å². The van der Waals surface area contributed by atoms with Crippen LogP contribution in [0.15, 0.2) is 42.7 Å². The summed E-state index contributed by atoms with van der Waals surface area (Å²) in [5.74, 6) is -0.103. The smallest absolute Gasteiger partial charge is 0.408 e. The van der Waals surface area contributed by atoms with E-state index < -0.39 is 47.2 Å². The Hall–Kier alpha value is -4.35. The number of carboxylic acids is 1. The number of likely N-dealkylation sites (tertiary alicyclic amines) is 1. The van der Waals surface area contributed by atoms with E-state index in [-0.39, 0.29) is 13.0 Å². The van der Waals surface area contributed by atoms with Gasteiger partial charge in [0.2, 0.25) is 5.91 Å². The zero-order chi connectivity index (χ0) is 30.1. The van der Waals surface area contributed by atoms with Gasteiger partial charge < -0.3 is 29.5 Å². The molecule has 3 aromatic rings. The molecule has 1 unspecified atom stereocenters. The average Bonchev–Trinajstić information content (AvgIpc) is 3.55. The van der Waals surface area contributed by atoms with Crippen molar-refractivity contribution in [1.82, 2.24) is 25.0 Å². The normalized spacial score (nSPS) is 18.2. The van der Waals surface area contributed by atoms with E-state index in [2.05, 4.69) is 15.4 Å². The van der Waals surface area contributed by atoms with Gasteiger partial charge in [-0.1, -0.05) is 20.8 Å². The van der Waals surface area contributed by atoms with Gasteiger partial charge in [0.1, 0.15) is 35.3 Å². The molecular formula is C29H37N5O7. The Kier molecular flexibility index (Phi) is 8.14. The van der Waals surface area contributed by atoms with E-state index in [9.17, 15) is 19.5 Å². The van der Waals surface area contributed by atoms with E-state index in [1.165, 1.54) is 4.90 Å². The van der Waals surface area contributed by atoms with Crippen molar-refractivity contribution in [2.45, 2.75) is 71.8 Å². The molecule has 2 amide bonds. The van der Waals surface area contributed by atoms with E-state index in [1.807, 2.05) is 6.07 Å². The predicted octanol–water partition coefficient (Wildman–Crippen LogP) is 3.80. The number of aliphatic carboxylic acids is 1. The molecular weight excluding hydrogens is 530 g/mol. The van der Waals surface area contributed by atoms with E-state index in [1.54, 1.807) is 90.0 Å². The van der Waals surface area contributed by atoms with Gasteiger partial charge >= 0.3 is 12.1 Å². The van der Waals surface area contributed by atoms with Crippen LogP contribution in [0, 0.1) is 5.41 Å². The topological polar surface area (TPSA) is 145 Å². The molecule has 0 spiro atoms. The van der Waals surface area contributed by atoms with E-state index >= 15 is 0 Å². The van der Waals surface area contributed by atoms with Gasteiger partial charge in [0.25, 0.3) is 0 Å². The second-order valence-electron chi connectivity index (χ2n) is 12.1. The number of ether oxygens (including phenoxy) is 3. The molecule has 1 aliphatic heterocycles. The molecule has 12 heteroatoms. The molecule has 41 heavy (non-hydrogen) atoms. The Morgan fingerprint density at radius 2 is 1.85 bits per heavy atom. The Balaban J connectivity index is 1.63. The summed E-state index contributed by atoms with van der Waals surface area (Å²) in [5.41, 5.74) is -0.893. The fourth-order valence-corrected chi connectivity index (χ4v) is 4.69. The summed E-state index contributed by atoms with van der Waals surface area (Å²) in [4.78, 5) is 44.6. The van der Waals surface area contributed by atoms with E-state index in [0.29, 0.717) is 28.2 Å². The minimum atomic E-state index is -1.16. The number of carbonyl (C=O) groups excluding carboxylic acids is 2. The number of methoxy groups -OCH3 is 1. The van der Waals surface area contributed by atoms with Gasteiger partial charge in [0, 0.05) is 36.3 Å². The maximum absolute atomic E-state index is 13.8. The lowest BCUT2D eigenvalue weighted by molar-refractivity contribution is -0.150. The molecule has 3 heterocycles. The molecule has 0 saturated carbocycles. The number of nitrogens with zero attached hydrogens (tertiary/aromatic N) is 4. The number of pyridine rings is 1. The quantitative estimate of drug-likeness (QED) is 0.435. The molecule has 1 aromatic carbocycles. The first-order chi connectivity index (χ1) is 19.2. The lowest BCUT2D eigenvalue weighted by Gasteiger charge is -2.35. The molecule has 4 rings (SSSR count). The van der Waals surface area contributed by atoms with Crippen LogP contribution in [0.2, 0.25) is 0 Å². The van der Waals surface area contributed by atoms with Crippen molar-refractivity contribution in [1.29, 1.82) is 0 Å². The van der Waals surface area contributed by atoms with Crippen LogP contribution in [-0.2, 0) is 14.3 Å². The van der Waals surface area contributed by atoms with Crippen LogP contribution >= 0.6 is 0 Å². The highest BCUT2D eigenvalue weighted by molar-refractivity contribution is 5.91. The van der Waals surface area contributed by atoms with Crippen molar-refractivity contribution in [3.63, 3.8) is 0 Å². The lowest BCUT2D eigenvalue weighted by Crippen LogP contribution is -2.57. The van der Waals surface area contributed by atoms with Gasteiger partial charge in [0.05, 0.1) is 19.2 Å². The van der Waals surface area contributed by atoms with Crippen LogP contribution in [0.25, 0.3) is 16.7 Å². The highest BCUT2D eigenvalue weighted by Gasteiger charge is 2.46. The fourth-order valence-electron chi connectivity index (χ4n) is 4.69. The van der Waals surface area contributed by atoms with Crippen molar-refractivity contribution >= 4 is 28.9 Å². The van der Waals surface area contributed by atoms with Crippen molar-refractivity contribution in [3.8, 4) is 17.3 Å². The zero-order valence-corrected chi connectivity index (χ0v) is 24.4. The number of benzene rings is 1. The Labute approximate surface area is 238 Å². The maximum Gasteiger partial charge on any atom is 0.408 e. The minimum Gasteiger partial charge on any atom is -0.497 e. The Bertz CT molecular complexity index is 1430. The van der Waals surface area contributed by atoms with Gasteiger partial charge in [0.15, 0.2) is 5.82 Å². The first-order valence-corrected chi connectivity index (χ1v) is 13.3. The average molecular weight is 568 g/mol. The van der Waals surface area contributed by atoms with Gasteiger partial charge in [-0.25, -0.2) is 19.3 Å². The van der Waals surface area contributed by atoms with Crippen LogP contribution in [0.5, 0.6) is 11.5 Å². The predicted molar refractivity (Wildman–Crippen MR) is 150 cm³/mol. The fraction of sp³-hybridized carbons (Fsp3) is 0.483. The van der Waals surface area contributed by atoms with Crippen molar-refractivity contribution in [3.05, 3.63) is 42.7 Å². The number of fused-ring (bicyclic) bond motifs is 1. The number of hydrogen-bond donors (Lipinski definition) is 2. The highest BCUT2D eigenvalue weighted by Crippen LogP contribution is 2.33. The molecule has 220 valence electrons. The molecule has 0 radical (unpaired) electrons. The van der Waals surface area contributed by atoms with Gasteiger partial charge in [-0.3, -0.25) is 4.79 Å². The van der Waals surface area contributed by atoms with Gasteiger partial charge in [-0.2, -0.15) is 5.10 Å². The third kappa shape index (κ3) is 6.87. The van der Waals surface area contributed by atoms with Crippen LogP contribution < -0.4 is 14.8 Å². The van der Waals surface area contributed by atoms with Crippen LogP contribution in [-0.4, -0.2) is 80.2 Å². The summed E-state index contributed by atoms with van der Waals surface area (Å²) >= 11 is 0. The standard InChI is InChI=1S/C29H37N5O7/c1-28(2,3)24(32-27(38)41-29(4,5)6)25(35)33-16-18(14-21(33)26(36)37)40-22-15-23(34-12-8-11-30-34)31-20-13-17(39-7)9-10-19(20)22/h8-13,15,18,21,24H,14,16H2,1-7H3,(H,32,38)(H,36,37)/t18?,21-,24+/m0/s1. The van der Waals surface area contributed by atoms with Crippen molar-refractivity contribution in [2.75, 3.05) is 13.7 Å². The Morgan fingerprint density at radius 1 is 1.12 bits per heavy atom. The largest absolute Gasteiger partial charge is 0.497 e. The number of carboxylic acid groups (broad SMARTS) is 1. The zero-order valence-electron chi connectivity index (χ0n) is 24.4. The number of alkyl carbamates (subject to hydrolysis) is 1. The summed E-state index contributed by atoms with van der Waals surface area (Å²) < 4.78 is 18.7. The third-order valence-electron chi connectivity index (χ3n) is 6.60. The molecule has 1 saturated heterocycles. The van der Waals surface area contributed by atoms with Crippen LogP contribution in [0.1, 0.15) is 48.0 Å². The summed E-state index contributed by atoms with van der Waals surface area (Å²) in [6.45, 7) is 10.6. The molecule has 1 aliphatic rings. The van der Waals surface area contributed by atoms with Crippen molar-refractivity contribution < 1.29 is 33.7 Å². The molecule has 2 N–H and O–H groups in total. The number of carbonyl (C=O) groups is 3. The summed E-state index contributed by atoms with van der Waals surface area (Å²) in [7, 11) is 1.56. The highest BCUT2D eigenvalue weighted by atomic mass is 16.6. The number of aromatic nitrogens is 3. The number of amides is 2. The van der Waals surface area contributed by atoms with E-state index in [4.69, 9.17) is 14.2 Å². The molecule has 0 bridgehead atoms. The second-order valence-corrected chi connectivity index (χ2v) is 12.1. The van der Waals surface area contributed by atoms with Gasteiger partial charge in [-0.05, 0) is 44.4 Å². The first kappa shape index (κ1) is 29.6. The molecule has 3 atom stereocenters. The minimum absolute atomic E-state index is 0.00938. The van der Waals surface area contributed by atoms with Crippen LogP contribution in [0.4, 0.5) is 4.79 Å². The molecule has 1 fully saturated rings. The molecule has 12 nitrogen and oxygen atoms in total. The SMILES string of the molecule is COc1ccc2c(OC3C[C@@H](C(=O)O)N(C(=O)[C@@H](NC(=O)OC(C)(C)C)C(C)(C)C)C3)cc(-n3cccn3)nc2c1. The summed E-state index contributed by atoms with van der Waals surface area (Å²) in [5, 5.41) is 17.6. The summed E-state index contributed by atoms with van der Waals surface area (Å²) in [6, 6.07) is 6.70. The number of nitrogens with one attached hydrogen (secondary N) is 1. The lowest BCUT2D eigenvalue weighted by atomic mass is 9.85. The van der Waals surface area contributed by atoms with Crippen LogP contribution in [0.3, 0.4) is 0 Å². The molecule has 0 aliphatic carbocycles. The number of rotatable bonds is 7. The van der Waals surface area contributed by atoms with E-state index in [0.717, 1.165) is 0 Å². The molecule has 2 aromatic heterocycles.